The van der Waals surface area contributed by atoms with Crippen LogP contribution in [-0.4, -0.2) is 59.4 Å². The molecule has 0 rings (SSSR count). The Balaban J connectivity index is 2.91. The first-order valence-electron chi connectivity index (χ1n) is 7.27. The number of hydrogen-bond acceptors (Lipinski definition) is 4. The molecule has 0 amide bonds. The van der Waals surface area contributed by atoms with Crippen molar-refractivity contribution in [3.05, 3.63) is 0 Å². The molecule has 0 unspecified atom stereocenters. The summed E-state index contributed by atoms with van der Waals surface area (Å²) in [4.78, 5) is 0. The van der Waals surface area contributed by atoms with E-state index >= 15 is 0 Å². The second-order valence-electron chi connectivity index (χ2n) is 4.83. The fraction of sp³-hybridized carbons (Fsp3) is 1.00. The predicted molar refractivity (Wildman–Crippen MR) is 75.4 cm³/mol. The van der Waals surface area contributed by atoms with E-state index in [-0.39, 0.29) is 6.67 Å². The summed E-state index contributed by atoms with van der Waals surface area (Å²) >= 11 is 0. The van der Waals surface area contributed by atoms with Crippen LogP contribution in [0.1, 0.15) is 26.7 Å². The highest BCUT2D eigenvalue weighted by Crippen LogP contribution is 1.90. The van der Waals surface area contributed by atoms with Gasteiger partial charge in [0.2, 0.25) is 0 Å². The average molecular weight is 279 g/mol. The highest BCUT2D eigenvalue weighted by Gasteiger charge is 1.94. The quantitative estimate of drug-likeness (QED) is 0.466. The van der Waals surface area contributed by atoms with Gasteiger partial charge in [-0.05, 0) is 25.3 Å². The predicted octanol–water partition coefficient (Wildman–Crippen LogP) is 2.03. The molecule has 0 aliphatic carbocycles. The Labute approximate surface area is 117 Å². The summed E-state index contributed by atoms with van der Waals surface area (Å²) in [6, 6.07) is 0. The largest absolute Gasteiger partial charge is 0.379 e. The van der Waals surface area contributed by atoms with E-state index in [1.807, 2.05) is 0 Å². The van der Waals surface area contributed by atoms with E-state index in [1.165, 1.54) is 0 Å². The molecule has 0 aliphatic heterocycles. The smallest absolute Gasteiger partial charge is 0.0895 e. The number of halogens is 1. The third-order valence-electron chi connectivity index (χ3n) is 2.39. The normalized spacial score (nSPS) is 11.4. The van der Waals surface area contributed by atoms with Crippen molar-refractivity contribution < 1.29 is 18.6 Å². The molecule has 0 atom stereocenters. The van der Waals surface area contributed by atoms with E-state index in [4.69, 9.17) is 14.2 Å². The summed E-state index contributed by atoms with van der Waals surface area (Å²) in [6.07, 6.45) is 1.36. The summed E-state index contributed by atoms with van der Waals surface area (Å²) < 4.78 is 27.8. The van der Waals surface area contributed by atoms with Crippen LogP contribution < -0.4 is 5.32 Å². The molecule has 4 nitrogen and oxygen atoms in total. The van der Waals surface area contributed by atoms with Crippen molar-refractivity contribution in [1.82, 2.24) is 5.32 Å². The minimum absolute atomic E-state index is 0.261. The zero-order chi connectivity index (χ0) is 14.2. The van der Waals surface area contributed by atoms with Crippen LogP contribution in [0, 0.1) is 5.92 Å². The van der Waals surface area contributed by atoms with Crippen molar-refractivity contribution in [2.75, 3.05) is 59.4 Å². The molecule has 0 aromatic rings. The number of rotatable bonds is 15. The zero-order valence-corrected chi connectivity index (χ0v) is 12.5. The van der Waals surface area contributed by atoms with Crippen LogP contribution in [0.3, 0.4) is 0 Å². The maximum atomic E-state index is 11.8. The molecule has 0 aromatic carbocycles. The van der Waals surface area contributed by atoms with Crippen molar-refractivity contribution in [3.63, 3.8) is 0 Å². The van der Waals surface area contributed by atoms with Crippen LogP contribution in [0.15, 0.2) is 0 Å². The van der Waals surface area contributed by atoms with E-state index in [9.17, 15) is 4.39 Å². The maximum absolute atomic E-state index is 11.8. The van der Waals surface area contributed by atoms with Crippen molar-refractivity contribution in [2.45, 2.75) is 26.7 Å². The molecule has 0 spiro atoms. The first-order chi connectivity index (χ1) is 9.27. The number of ether oxygens (including phenoxy) is 3. The topological polar surface area (TPSA) is 39.7 Å². The summed E-state index contributed by atoms with van der Waals surface area (Å²) in [5, 5.41) is 3.31. The van der Waals surface area contributed by atoms with Crippen LogP contribution in [0.4, 0.5) is 4.39 Å². The first-order valence-corrected chi connectivity index (χ1v) is 7.27. The second-order valence-corrected chi connectivity index (χ2v) is 4.83. The minimum Gasteiger partial charge on any atom is -0.379 e. The third kappa shape index (κ3) is 17.8. The van der Waals surface area contributed by atoms with Gasteiger partial charge < -0.3 is 19.5 Å². The molecule has 0 aromatic heterocycles. The molecule has 0 saturated heterocycles. The molecule has 0 radical (unpaired) electrons. The summed E-state index contributed by atoms with van der Waals surface area (Å²) in [5.41, 5.74) is 0. The van der Waals surface area contributed by atoms with Crippen molar-refractivity contribution in [3.8, 4) is 0 Å². The second kappa shape index (κ2) is 15.8. The van der Waals surface area contributed by atoms with Crippen LogP contribution in [-0.2, 0) is 14.2 Å². The number of unbranched alkanes of at least 4 members (excludes halogenated alkanes) is 1. The summed E-state index contributed by atoms with van der Waals surface area (Å²) in [6.45, 7) is 9.71. The molecule has 1 N–H and O–H groups in total. The molecular weight excluding hydrogens is 249 g/mol. The van der Waals surface area contributed by atoms with Gasteiger partial charge in [-0.2, -0.15) is 0 Å². The number of alkyl halides is 1. The van der Waals surface area contributed by atoms with Crippen molar-refractivity contribution >= 4 is 0 Å². The molecule has 0 heterocycles. The maximum Gasteiger partial charge on any atom is 0.0895 e. The first kappa shape index (κ1) is 18.8. The lowest BCUT2D eigenvalue weighted by Gasteiger charge is -2.08. The van der Waals surface area contributed by atoms with Gasteiger partial charge >= 0.3 is 0 Å². The molecule has 0 fully saturated rings. The van der Waals surface area contributed by atoms with Gasteiger partial charge in [-0.15, -0.1) is 0 Å². The Hall–Kier alpha value is -0.230. The Morgan fingerprint density at radius 1 is 0.842 bits per heavy atom. The van der Waals surface area contributed by atoms with Gasteiger partial charge in [0.05, 0.1) is 39.7 Å². The Bertz CT molecular complexity index is 171. The molecule has 0 bridgehead atoms. The standard InChI is InChI=1S/C14H30FNO3/c1-14(2)13-16-6-8-18-10-12-19-11-9-17-7-4-3-5-15/h14,16H,3-13H2,1-2H3. The third-order valence-corrected chi connectivity index (χ3v) is 2.39. The summed E-state index contributed by atoms with van der Waals surface area (Å²) in [7, 11) is 0. The van der Waals surface area contributed by atoms with Crippen LogP contribution in [0.25, 0.3) is 0 Å². The molecule has 5 heteroatoms. The molecule has 19 heavy (non-hydrogen) atoms. The van der Waals surface area contributed by atoms with Gasteiger partial charge in [-0.1, -0.05) is 13.8 Å². The van der Waals surface area contributed by atoms with Gasteiger partial charge in [-0.25, -0.2) is 0 Å². The Morgan fingerprint density at radius 3 is 2.00 bits per heavy atom. The van der Waals surface area contributed by atoms with Crippen LogP contribution in [0.2, 0.25) is 0 Å². The zero-order valence-electron chi connectivity index (χ0n) is 12.5. The van der Waals surface area contributed by atoms with Gasteiger partial charge in [0, 0.05) is 13.2 Å². The number of nitrogens with one attached hydrogen (secondary N) is 1. The lowest BCUT2D eigenvalue weighted by molar-refractivity contribution is 0.0143. The Kier molecular flexibility index (Phi) is 15.6. The van der Waals surface area contributed by atoms with Crippen molar-refractivity contribution in [1.29, 1.82) is 0 Å². The fourth-order valence-electron chi connectivity index (χ4n) is 1.38. The molecule has 0 aliphatic rings. The van der Waals surface area contributed by atoms with Gasteiger partial charge in [-0.3, -0.25) is 4.39 Å². The minimum atomic E-state index is -0.261. The molecule has 116 valence electrons. The SMILES string of the molecule is CC(C)CNCCOCCOCCOCCCCF. The number of hydrogen-bond donors (Lipinski definition) is 1. The molecule has 0 saturated carbocycles. The van der Waals surface area contributed by atoms with Gasteiger partial charge in [0.25, 0.3) is 0 Å². The highest BCUT2D eigenvalue weighted by atomic mass is 19.1. The lowest BCUT2D eigenvalue weighted by Crippen LogP contribution is -2.24. The lowest BCUT2D eigenvalue weighted by atomic mass is 10.2. The Morgan fingerprint density at radius 2 is 1.42 bits per heavy atom. The van der Waals surface area contributed by atoms with E-state index in [0.717, 1.165) is 26.1 Å². The fourth-order valence-corrected chi connectivity index (χ4v) is 1.38. The van der Waals surface area contributed by atoms with E-state index in [2.05, 4.69) is 19.2 Å². The van der Waals surface area contributed by atoms with Gasteiger partial charge in [0.1, 0.15) is 0 Å². The van der Waals surface area contributed by atoms with Gasteiger partial charge in [0.15, 0.2) is 0 Å². The van der Waals surface area contributed by atoms with E-state index in [1.54, 1.807) is 0 Å². The van der Waals surface area contributed by atoms with E-state index in [0.29, 0.717) is 45.4 Å². The average Bonchev–Trinajstić information content (AvgIpc) is 2.39. The monoisotopic (exact) mass is 279 g/mol. The van der Waals surface area contributed by atoms with Crippen LogP contribution in [0.5, 0.6) is 0 Å². The summed E-state index contributed by atoms with van der Waals surface area (Å²) in [5.74, 6) is 0.674. The van der Waals surface area contributed by atoms with Crippen LogP contribution >= 0.6 is 0 Å². The van der Waals surface area contributed by atoms with E-state index < -0.39 is 0 Å². The molecular formula is C14H30FNO3. The highest BCUT2D eigenvalue weighted by molar-refractivity contribution is 4.49. The van der Waals surface area contributed by atoms with Crippen molar-refractivity contribution in [2.24, 2.45) is 5.92 Å².